The molecule has 0 spiro atoms. The fraction of sp³-hybridized carbons (Fsp3) is 0. The van der Waals surface area contributed by atoms with E-state index in [4.69, 9.17) is 9.97 Å². The number of fused-ring (bicyclic) bond motifs is 7. The van der Waals surface area contributed by atoms with Gasteiger partial charge in [-0.05, 0) is 35.4 Å². The summed E-state index contributed by atoms with van der Waals surface area (Å²) < 4.78 is 4.45. The summed E-state index contributed by atoms with van der Waals surface area (Å²) in [5, 5.41) is 4.49. The normalized spacial score (nSPS) is 11.8. The number of hydrogen-bond acceptors (Lipinski definition) is 5. The van der Waals surface area contributed by atoms with Gasteiger partial charge in [0, 0.05) is 38.0 Å². The second-order valence-corrected chi connectivity index (χ2v) is 11.5. The average Bonchev–Trinajstić information content (AvgIpc) is 3.58. The molecule has 42 heavy (non-hydrogen) atoms. The van der Waals surface area contributed by atoms with Crippen LogP contribution in [0, 0.1) is 0 Å². The van der Waals surface area contributed by atoms with Crippen molar-refractivity contribution in [3.63, 3.8) is 0 Å². The van der Waals surface area contributed by atoms with Crippen molar-refractivity contribution in [2.45, 2.75) is 0 Å². The summed E-state index contributed by atoms with van der Waals surface area (Å²) in [5.74, 6) is 0.655. The summed E-state index contributed by atoms with van der Waals surface area (Å²) in [6, 6.07) is 40.4. The minimum absolute atomic E-state index is 0.655. The number of aromatic nitrogens is 5. The van der Waals surface area contributed by atoms with Crippen molar-refractivity contribution >= 4 is 64.3 Å². The summed E-state index contributed by atoms with van der Waals surface area (Å²) in [6.07, 6.45) is 3.52. The molecule has 0 radical (unpaired) electrons. The van der Waals surface area contributed by atoms with Crippen LogP contribution in [0.15, 0.2) is 128 Å². The van der Waals surface area contributed by atoms with E-state index >= 15 is 0 Å². The van der Waals surface area contributed by atoms with Crippen LogP contribution in [-0.4, -0.2) is 24.5 Å². The molecule has 0 saturated carbocycles. The predicted molar refractivity (Wildman–Crippen MR) is 173 cm³/mol. The molecule has 0 amide bonds. The highest BCUT2D eigenvalue weighted by Crippen LogP contribution is 2.40. The highest BCUT2D eigenvalue weighted by molar-refractivity contribution is 7.25. The zero-order chi connectivity index (χ0) is 27.6. The Kier molecular flexibility index (Phi) is 5.00. The first-order valence-corrected chi connectivity index (χ1v) is 14.6. The van der Waals surface area contributed by atoms with Gasteiger partial charge in [0.1, 0.15) is 6.33 Å². The number of para-hydroxylation sites is 2. The lowest BCUT2D eigenvalue weighted by Gasteiger charge is -2.12. The van der Waals surface area contributed by atoms with Crippen LogP contribution in [0.25, 0.3) is 81.3 Å². The van der Waals surface area contributed by atoms with Crippen LogP contribution >= 0.6 is 11.3 Å². The Morgan fingerprint density at radius 2 is 1.29 bits per heavy atom. The van der Waals surface area contributed by atoms with Gasteiger partial charge in [-0.2, -0.15) is 0 Å². The molecule has 0 aliphatic rings. The molecule has 0 saturated heterocycles. The first kappa shape index (κ1) is 23.3. The van der Waals surface area contributed by atoms with Crippen molar-refractivity contribution in [1.82, 2.24) is 24.5 Å². The largest absolute Gasteiger partial charge is 0.278 e. The quantitative estimate of drug-likeness (QED) is 0.218. The molecule has 9 aromatic rings. The van der Waals surface area contributed by atoms with Gasteiger partial charge in [-0.25, -0.2) is 19.9 Å². The fourth-order valence-electron chi connectivity index (χ4n) is 6.03. The molecule has 196 valence electrons. The number of thiophene rings is 1. The average molecular weight is 556 g/mol. The van der Waals surface area contributed by atoms with Crippen molar-refractivity contribution in [2.24, 2.45) is 0 Å². The molecular weight excluding hydrogens is 534 g/mol. The minimum Gasteiger partial charge on any atom is -0.278 e. The second kappa shape index (κ2) is 9.03. The van der Waals surface area contributed by atoms with Gasteiger partial charge in [-0.3, -0.25) is 4.57 Å². The van der Waals surface area contributed by atoms with Crippen molar-refractivity contribution < 1.29 is 0 Å². The molecule has 4 aromatic heterocycles. The monoisotopic (exact) mass is 555 g/mol. The van der Waals surface area contributed by atoms with E-state index in [-0.39, 0.29) is 0 Å². The highest BCUT2D eigenvalue weighted by atomic mass is 32.1. The van der Waals surface area contributed by atoms with Gasteiger partial charge in [0.15, 0.2) is 0 Å². The molecule has 6 heteroatoms. The maximum absolute atomic E-state index is 5.27. The molecule has 0 fully saturated rings. The van der Waals surface area contributed by atoms with Gasteiger partial charge >= 0.3 is 0 Å². The van der Waals surface area contributed by atoms with Crippen molar-refractivity contribution in [3.05, 3.63) is 128 Å². The Balaban J connectivity index is 1.31. The van der Waals surface area contributed by atoms with Crippen LogP contribution in [0.4, 0.5) is 0 Å². The highest BCUT2D eigenvalue weighted by Gasteiger charge is 2.19. The smallest absolute Gasteiger partial charge is 0.235 e. The molecule has 5 aromatic carbocycles. The van der Waals surface area contributed by atoms with E-state index in [1.165, 1.54) is 15.8 Å². The van der Waals surface area contributed by atoms with Crippen LogP contribution in [0.1, 0.15) is 0 Å². The minimum atomic E-state index is 0.655. The summed E-state index contributed by atoms with van der Waals surface area (Å²) >= 11 is 1.71. The Bertz CT molecular complexity index is 2460. The zero-order valence-corrected chi connectivity index (χ0v) is 23.1. The molecule has 4 heterocycles. The first-order chi connectivity index (χ1) is 20.8. The van der Waals surface area contributed by atoms with E-state index in [0.29, 0.717) is 5.95 Å². The Labute approximate surface area is 244 Å². The van der Waals surface area contributed by atoms with Crippen LogP contribution < -0.4 is 0 Å². The van der Waals surface area contributed by atoms with Crippen LogP contribution in [0.5, 0.6) is 0 Å². The summed E-state index contributed by atoms with van der Waals surface area (Å²) in [5.41, 5.74) is 8.40. The van der Waals surface area contributed by atoms with Gasteiger partial charge in [-0.15, -0.1) is 11.3 Å². The standard InChI is InChI=1S/C36H21N5S/c1-2-8-22(9-3-1)23-14-16-24(17-15-23)34-26-11-4-6-12-29(26)39-36(40-34)41-30-13-7-5-10-25(30)27-18-28-32(19-31(27)41)42-33-20-37-21-38-35(28)33/h1-21H. The maximum atomic E-state index is 5.27. The Morgan fingerprint density at radius 3 is 2.17 bits per heavy atom. The van der Waals surface area contributed by atoms with Gasteiger partial charge in [0.2, 0.25) is 5.95 Å². The molecule has 0 unspecified atom stereocenters. The van der Waals surface area contributed by atoms with Gasteiger partial charge in [-0.1, -0.05) is 91.0 Å². The van der Waals surface area contributed by atoms with Gasteiger partial charge in [0.25, 0.3) is 0 Å². The number of hydrogen-bond donors (Lipinski definition) is 0. The van der Waals surface area contributed by atoms with Crippen molar-refractivity contribution in [3.8, 4) is 28.3 Å². The maximum Gasteiger partial charge on any atom is 0.235 e. The van der Waals surface area contributed by atoms with E-state index in [1.54, 1.807) is 17.7 Å². The third kappa shape index (κ3) is 3.49. The third-order valence-corrected chi connectivity index (χ3v) is 9.06. The van der Waals surface area contributed by atoms with Crippen LogP contribution in [0.3, 0.4) is 0 Å². The molecule has 0 bridgehead atoms. The van der Waals surface area contributed by atoms with Gasteiger partial charge < -0.3 is 0 Å². The molecule has 0 aliphatic carbocycles. The fourth-order valence-corrected chi connectivity index (χ4v) is 7.07. The Hall–Kier alpha value is -5.46. The Morgan fingerprint density at radius 1 is 0.548 bits per heavy atom. The van der Waals surface area contributed by atoms with E-state index in [1.807, 2.05) is 18.3 Å². The predicted octanol–water partition coefficient (Wildman–Crippen LogP) is 9.22. The molecule has 0 atom stereocenters. The molecular formula is C36H21N5S. The molecule has 0 N–H and O–H groups in total. The molecule has 0 aliphatic heterocycles. The number of rotatable bonds is 3. The topological polar surface area (TPSA) is 56.5 Å². The van der Waals surface area contributed by atoms with Crippen LogP contribution in [0.2, 0.25) is 0 Å². The SMILES string of the molecule is c1ccc(-c2ccc(-c3nc(-n4c5ccccc5c5cc6c(cc54)sc4cncnc46)nc4ccccc34)cc2)cc1. The lowest BCUT2D eigenvalue weighted by atomic mass is 10.0. The lowest BCUT2D eigenvalue weighted by Crippen LogP contribution is -2.03. The summed E-state index contributed by atoms with van der Waals surface area (Å²) in [4.78, 5) is 19.2. The first-order valence-electron chi connectivity index (χ1n) is 13.8. The zero-order valence-electron chi connectivity index (χ0n) is 22.3. The van der Waals surface area contributed by atoms with Gasteiger partial charge in [0.05, 0.1) is 32.5 Å². The van der Waals surface area contributed by atoms with E-state index in [9.17, 15) is 0 Å². The molecule has 5 nitrogen and oxygen atoms in total. The van der Waals surface area contributed by atoms with Crippen molar-refractivity contribution in [2.75, 3.05) is 0 Å². The lowest BCUT2D eigenvalue weighted by molar-refractivity contribution is 1.01. The van der Waals surface area contributed by atoms with E-state index in [0.717, 1.165) is 59.6 Å². The second-order valence-electron chi connectivity index (χ2n) is 10.4. The van der Waals surface area contributed by atoms with Crippen LogP contribution in [-0.2, 0) is 0 Å². The third-order valence-electron chi connectivity index (χ3n) is 7.98. The van der Waals surface area contributed by atoms with E-state index < -0.39 is 0 Å². The number of benzene rings is 5. The number of nitrogens with zero attached hydrogens (tertiary/aromatic N) is 5. The molecule has 9 rings (SSSR count). The van der Waals surface area contributed by atoms with E-state index in [2.05, 4.69) is 118 Å². The summed E-state index contributed by atoms with van der Waals surface area (Å²) in [6.45, 7) is 0. The van der Waals surface area contributed by atoms with Crippen molar-refractivity contribution in [1.29, 1.82) is 0 Å². The summed E-state index contributed by atoms with van der Waals surface area (Å²) in [7, 11) is 0.